The third-order valence-electron chi connectivity index (χ3n) is 3.46. The first kappa shape index (κ1) is 12.2. The van der Waals surface area contributed by atoms with E-state index in [2.05, 4.69) is 45.1 Å². The molecule has 2 atom stereocenters. The summed E-state index contributed by atoms with van der Waals surface area (Å²) in [5, 5.41) is 2.97. The maximum atomic E-state index is 11.8. The van der Waals surface area contributed by atoms with Crippen molar-refractivity contribution < 1.29 is 4.79 Å². The fraction of sp³-hybridized carbons (Fsp3) is 0.533. The maximum Gasteiger partial charge on any atom is 0.227 e. The summed E-state index contributed by atoms with van der Waals surface area (Å²) in [6, 6.07) is 8.16. The van der Waals surface area contributed by atoms with E-state index >= 15 is 0 Å². The molecule has 1 N–H and O–H groups in total. The lowest BCUT2D eigenvalue weighted by atomic mass is 9.87. The van der Waals surface area contributed by atoms with Crippen LogP contribution in [0.25, 0.3) is 0 Å². The molecule has 2 heteroatoms. The Bertz CT molecular complexity index is 414. The molecule has 1 amide bonds. The molecule has 0 aromatic heterocycles. The Balaban J connectivity index is 2.01. The highest BCUT2D eigenvalue weighted by Crippen LogP contribution is 2.38. The third kappa shape index (κ3) is 2.87. The van der Waals surface area contributed by atoms with E-state index in [-0.39, 0.29) is 17.2 Å². The van der Waals surface area contributed by atoms with E-state index in [1.165, 1.54) is 5.56 Å². The molecule has 17 heavy (non-hydrogen) atoms. The first-order chi connectivity index (χ1) is 7.88. The smallest absolute Gasteiger partial charge is 0.227 e. The molecule has 0 aliphatic heterocycles. The summed E-state index contributed by atoms with van der Waals surface area (Å²) in [5.74, 6) is 0.960. The van der Waals surface area contributed by atoms with Crippen LogP contribution in [0.2, 0.25) is 0 Å². The molecule has 1 aliphatic carbocycles. The fourth-order valence-corrected chi connectivity index (χ4v) is 1.98. The summed E-state index contributed by atoms with van der Waals surface area (Å²) < 4.78 is 0. The standard InChI is InChI=1S/C15H21NO/c1-10-9-13(10)14(17)16-12-7-5-11(6-8-12)15(2,3)4/h5-8,10,13H,9H2,1-4H3,(H,16,17)/t10-,13+/m0/s1. The van der Waals surface area contributed by atoms with Gasteiger partial charge >= 0.3 is 0 Å². The topological polar surface area (TPSA) is 29.1 Å². The summed E-state index contributed by atoms with van der Waals surface area (Å²) in [6.07, 6.45) is 1.03. The molecule has 2 nitrogen and oxygen atoms in total. The molecule has 0 heterocycles. The number of hydrogen-bond acceptors (Lipinski definition) is 1. The molecule has 2 rings (SSSR count). The third-order valence-corrected chi connectivity index (χ3v) is 3.46. The van der Waals surface area contributed by atoms with Gasteiger partial charge in [-0.15, -0.1) is 0 Å². The maximum absolute atomic E-state index is 11.8. The molecule has 0 saturated heterocycles. The molecule has 0 bridgehead atoms. The van der Waals surface area contributed by atoms with Gasteiger partial charge in [0, 0.05) is 11.6 Å². The molecule has 1 saturated carbocycles. The molecular formula is C15H21NO. The summed E-state index contributed by atoms with van der Waals surface area (Å²) in [6.45, 7) is 8.68. The van der Waals surface area contributed by atoms with Crippen molar-refractivity contribution in [2.75, 3.05) is 5.32 Å². The van der Waals surface area contributed by atoms with Gasteiger partial charge in [-0.25, -0.2) is 0 Å². The largest absolute Gasteiger partial charge is 0.326 e. The van der Waals surface area contributed by atoms with E-state index < -0.39 is 0 Å². The molecule has 1 aromatic carbocycles. The van der Waals surface area contributed by atoms with Gasteiger partial charge in [0.05, 0.1) is 0 Å². The number of rotatable bonds is 2. The van der Waals surface area contributed by atoms with Crippen LogP contribution in [0.5, 0.6) is 0 Å². The Labute approximate surface area is 103 Å². The van der Waals surface area contributed by atoms with Gasteiger partial charge in [-0.1, -0.05) is 39.8 Å². The Hall–Kier alpha value is -1.31. The lowest BCUT2D eigenvalue weighted by molar-refractivity contribution is -0.117. The van der Waals surface area contributed by atoms with Gasteiger partial charge in [-0.2, -0.15) is 0 Å². The Kier molecular flexibility index (Phi) is 2.98. The minimum Gasteiger partial charge on any atom is -0.326 e. The van der Waals surface area contributed by atoms with Gasteiger partial charge < -0.3 is 5.32 Å². The molecule has 0 spiro atoms. The highest BCUT2D eigenvalue weighted by Gasteiger charge is 2.39. The van der Waals surface area contributed by atoms with Crippen LogP contribution in [-0.2, 0) is 10.2 Å². The first-order valence-electron chi connectivity index (χ1n) is 6.29. The van der Waals surface area contributed by atoms with E-state index in [0.29, 0.717) is 5.92 Å². The minimum atomic E-state index is 0.160. The average Bonchev–Trinajstić information content (AvgIpc) is 2.95. The quantitative estimate of drug-likeness (QED) is 0.828. The van der Waals surface area contributed by atoms with Crippen LogP contribution in [0.15, 0.2) is 24.3 Å². The fourth-order valence-electron chi connectivity index (χ4n) is 1.98. The van der Waals surface area contributed by atoms with Crippen molar-refractivity contribution in [2.24, 2.45) is 11.8 Å². The molecule has 1 aromatic rings. The number of hydrogen-bond donors (Lipinski definition) is 1. The monoisotopic (exact) mass is 231 g/mol. The van der Waals surface area contributed by atoms with Gasteiger partial charge in [0.25, 0.3) is 0 Å². The summed E-state index contributed by atoms with van der Waals surface area (Å²) in [5.41, 5.74) is 2.35. The second kappa shape index (κ2) is 4.17. The van der Waals surface area contributed by atoms with Crippen molar-refractivity contribution in [3.63, 3.8) is 0 Å². The van der Waals surface area contributed by atoms with Crippen LogP contribution in [-0.4, -0.2) is 5.91 Å². The zero-order valence-corrected chi connectivity index (χ0v) is 11.1. The van der Waals surface area contributed by atoms with Gasteiger partial charge in [-0.05, 0) is 35.4 Å². The van der Waals surface area contributed by atoms with Gasteiger partial charge in [0.2, 0.25) is 5.91 Å². The van der Waals surface area contributed by atoms with Crippen molar-refractivity contribution in [1.29, 1.82) is 0 Å². The molecule has 1 aliphatic rings. The van der Waals surface area contributed by atoms with E-state index in [1.54, 1.807) is 0 Å². The van der Waals surface area contributed by atoms with Crippen LogP contribution >= 0.6 is 0 Å². The zero-order chi connectivity index (χ0) is 12.6. The molecule has 1 fully saturated rings. The van der Waals surface area contributed by atoms with Crippen molar-refractivity contribution >= 4 is 11.6 Å². The van der Waals surface area contributed by atoms with Gasteiger partial charge in [-0.3, -0.25) is 4.79 Å². The van der Waals surface area contributed by atoms with Crippen LogP contribution < -0.4 is 5.32 Å². The lowest BCUT2D eigenvalue weighted by Gasteiger charge is -2.19. The van der Waals surface area contributed by atoms with Crippen molar-refractivity contribution in [3.05, 3.63) is 29.8 Å². The average molecular weight is 231 g/mol. The summed E-state index contributed by atoms with van der Waals surface area (Å²) in [7, 11) is 0. The SMILES string of the molecule is C[C@H]1C[C@H]1C(=O)Nc1ccc(C(C)(C)C)cc1. The molecule has 92 valence electrons. The predicted molar refractivity (Wildman–Crippen MR) is 71.0 cm³/mol. The molecule has 0 radical (unpaired) electrons. The Morgan fingerprint density at radius 2 is 1.76 bits per heavy atom. The Morgan fingerprint density at radius 1 is 1.24 bits per heavy atom. The number of amides is 1. The Morgan fingerprint density at radius 3 is 2.18 bits per heavy atom. The molecule has 0 unspecified atom stereocenters. The van der Waals surface area contributed by atoms with Crippen LogP contribution in [0.3, 0.4) is 0 Å². The van der Waals surface area contributed by atoms with Gasteiger partial charge in [0.1, 0.15) is 0 Å². The first-order valence-corrected chi connectivity index (χ1v) is 6.29. The molecular weight excluding hydrogens is 210 g/mol. The van der Waals surface area contributed by atoms with Gasteiger partial charge in [0.15, 0.2) is 0 Å². The number of carbonyl (C=O) groups excluding carboxylic acids is 1. The number of benzene rings is 1. The van der Waals surface area contributed by atoms with E-state index in [0.717, 1.165) is 12.1 Å². The summed E-state index contributed by atoms with van der Waals surface area (Å²) >= 11 is 0. The van der Waals surface area contributed by atoms with Crippen LogP contribution in [0, 0.1) is 11.8 Å². The van der Waals surface area contributed by atoms with Crippen molar-refractivity contribution in [1.82, 2.24) is 0 Å². The van der Waals surface area contributed by atoms with E-state index in [4.69, 9.17) is 0 Å². The number of nitrogens with one attached hydrogen (secondary N) is 1. The normalized spacial score (nSPS) is 23.3. The predicted octanol–water partition coefficient (Wildman–Crippen LogP) is 3.58. The van der Waals surface area contributed by atoms with E-state index in [9.17, 15) is 4.79 Å². The van der Waals surface area contributed by atoms with Crippen LogP contribution in [0.1, 0.15) is 39.7 Å². The minimum absolute atomic E-state index is 0.160. The zero-order valence-electron chi connectivity index (χ0n) is 11.1. The van der Waals surface area contributed by atoms with Crippen molar-refractivity contribution in [2.45, 2.75) is 39.5 Å². The summed E-state index contributed by atoms with van der Waals surface area (Å²) in [4.78, 5) is 11.8. The lowest BCUT2D eigenvalue weighted by Crippen LogP contribution is -2.15. The number of anilines is 1. The highest BCUT2D eigenvalue weighted by atomic mass is 16.2. The van der Waals surface area contributed by atoms with Crippen LogP contribution in [0.4, 0.5) is 5.69 Å². The van der Waals surface area contributed by atoms with Crippen molar-refractivity contribution in [3.8, 4) is 0 Å². The number of carbonyl (C=O) groups is 1. The van der Waals surface area contributed by atoms with E-state index in [1.807, 2.05) is 12.1 Å². The second-order valence-corrected chi connectivity index (χ2v) is 6.14. The second-order valence-electron chi connectivity index (χ2n) is 6.14. The highest BCUT2D eigenvalue weighted by molar-refractivity contribution is 5.94.